The summed E-state index contributed by atoms with van der Waals surface area (Å²) in [5.74, 6) is 0.540. The lowest BCUT2D eigenvalue weighted by Gasteiger charge is -2.08. The lowest BCUT2D eigenvalue weighted by molar-refractivity contribution is 0.298. The van der Waals surface area contributed by atoms with Crippen molar-refractivity contribution in [3.8, 4) is 0 Å². The average molecular weight is 201 g/mol. The fraction of sp³-hybridized carbons (Fsp3) is 1.00. The Morgan fingerprint density at radius 1 is 1.55 bits per heavy atom. The molecule has 0 amide bonds. The number of phosphoric acid groups is 1. The second kappa shape index (κ2) is 5.13. The minimum absolute atomic E-state index is 0.540. The van der Waals surface area contributed by atoms with E-state index < -0.39 is 7.82 Å². The third-order valence-electron chi connectivity index (χ3n) is 0.772. The number of hydrogen-bond acceptors (Lipinski definition) is 4. The maximum Gasteiger partial charge on any atom is 0.480 e. The van der Waals surface area contributed by atoms with Crippen LogP contribution < -0.4 is 0 Å². The van der Waals surface area contributed by atoms with E-state index in [0.717, 1.165) is 18.6 Å². The molecule has 0 spiro atoms. The van der Waals surface area contributed by atoms with Crippen molar-refractivity contribution in [3.05, 3.63) is 0 Å². The minimum Gasteiger partial charge on any atom is -0.308 e. The zero-order valence-electron chi connectivity index (χ0n) is 6.43. The van der Waals surface area contributed by atoms with Crippen LogP contribution in [0.2, 0.25) is 0 Å². The van der Waals surface area contributed by atoms with Crippen molar-refractivity contribution in [1.29, 1.82) is 0 Å². The predicted octanol–water partition coefficient (Wildman–Crippen LogP) is 0.305. The molecule has 0 aromatic rings. The Morgan fingerprint density at radius 2 is 2.09 bits per heavy atom. The monoisotopic (exact) mass is 201 g/mol. The van der Waals surface area contributed by atoms with E-state index in [9.17, 15) is 4.57 Å². The highest BCUT2D eigenvalue weighted by atomic mass is 32.2. The molecule has 0 aromatic heterocycles. The number of rotatable bonds is 5. The van der Waals surface area contributed by atoms with Gasteiger partial charge in [0.05, 0.1) is 0 Å². The third kappa shape index (κ3) is 10.4. The summed E-state index contributed by atoms with van der Waals surface area (Å²) in [6.07, 6.45) is 0. The van der Waals surface area contributed by atoms with Gasteiger partial charge < -0.3 is 14.7 Å². The second-order valence-corrected chi connectivity index (χ2v) is 4.41. The van der Waals surface area contributed by atoms with Crippen LogP contribution >= 0.6 is 19.9 Å². The maximum absolute atomic E-state index is 10.1. The van der Waals surface area contributed by atoms with Crippen LogP contribution in [-0.2, 0) is 8.54 Å². The zero-order chi connectivity index (χ0) is 8.91. The van der Waals surface area contributed by atoms with Crippen LogP contribution in [0.4, 0.5) is 0 Å². The van der Waals surface area contributed by atoms with Gasteiger partial charge >= 0.3 is 7.82 Å². The van der Waals surface area contributed by atoms with Crippen LogP contribution in [0.25, 0.3) is 0 Å². The van der Waals surface area contributed by atoms with Gasteiger partial charge in [-0.1, -0.05) is 0 Å². The standard InChI is InChI=1S/C4H12NO4PS/c1-5(2)3-4-11-9-10(6,7)8/h3-4H2,1-2H3,(H2,6,7,8). The van der Waals surface area contributed by atoms with E-state index in [1.807, 2.05) is 19.0 Å². The van der Waals surface area contributed by atoms with Crippen molar-refractivity contribution in [2.24, 2.45) is 0 Å². The van der Waals surface area contributed by atoms with Gasteiger partial charge in [0.25, 0.3) is 0 Å². The van der Waals surface area contributed by atoms with Crippen molar-refractivity contribution in [2.75, 3.05) is 26.4 Å². The highest BCUT2D eigenvalue weighted by Gasteiger charge is 2.13. The maximum atomic E-state index is 10.1. The summed E-state index contributed by atoms with van der Waals surface area (Å²) in [6.45, 7) is 0.727. The lowest BCUT2D eigenvalue weighted by atomic mass is 10.7. The molecule has 0 unspecified atom stereocenters. The van der Waals surface area contributed by atoms with Crippen LogP contribution in [0.3, 0.4) is 0 Å². The molecule has 0 saturated heterocycles. The Morgan fingerprint density at radius 3 is 2.45 bits per heavy atom. The van der Waals surface area contributed by atoms with E-state index in [1.54, 1.807) is 0 Å². The Kier molecular flexibility index (Phi) is 5.33. The Hall–Kier alpha value is 0.420. The van der Waals surface area contributed by atoms with Gasteiger partial charge in [-0.2, -0.15) is 0 Å². The van der Waals surface area contributed by atoms with Gasteiger partial charge in [0.2, 0.25) is 0 Å². The van der Waals surface area contributed by atoms with Gasteiger partial charge in [-0.3, -0.25) is 0 Å². The summed E-state index contributed by atoms with van der Waals surface area (Å²) in [5.41, 5.74) is 0. The molecule has 0 bridgehead atoms. The van der Waals surface area contributed by atoms with E-state index in [-0.39, 0.29) is 0 Å². The highest BCUT2D eigenvalue weighted by Crippen LogP contribution is 2.40. The summed E-state index contributed by atoms with van der Waals surface area (Å²) in [7, 11) is -0.535. The van der Waals surface area contributed by atoms with E-state index in [1.165, 1.54) is 0 Å². The smallest absolute Gasteiger partial charge is 0.308 e. The molecular weight excluding hydrogens is 189 g/mol. The average Bonchev–Trinajstić information content (AvgIpc) is 1.78. The van der Waals surface area contributed by atoms with Crippen LogP contribution in [0.1, 0.15) is 0 Å². The summed E-state index contributed by atoms with van der Waals surface area (Å²) in [6, 6.07) is 0. The molecule has 0 aliphatic heterocycles. The molecule has 11 heavy (non-hydrogen) atoms. The molecule has 0 radical (unpaired) electrons. The zero-order valence-corrected chi connectivity index (χ0v) is 8.14. The van der Waals surface area contributed by atoms with Gasteiger partial charge in [0, 0.05) is 24.3 Å². The fourth-order valence-electron chi connectivity index (χ4n) is 0.326. The summed E-state index contributed by atoms with van der Waals surface area (Å²) in [5, 5.41) is 0. The van der Waals surface area contributed by atoms with Gasteiger partial charge in [-0.15, -0.1) is 0 Å². The van der Waals surface area contributed by atoms with E-state index >= 15 is 0 Å². The SMILES string of the molecule is CN(C)CCSOP(=O)(O)O. The Balaban J connectivity index is 3.22. The van der Waals surface area contributed by atoms with Gasteiger partial charge in [-0.25, -0.2) is 8.54 Å². The quantitative estimate of drug-likeness (QED) is 0.379. The molecule has 0 atom stereocenters. The van der Waals surface area contributed by atoms with Crippen molar-refractivity contribution < 1.29 is 18.3 Å². The molecule has 0 aliphatic rings. The number of nitrogens with zero attached hydrogens (tertiary/aromatic N) is 1. The minimum atomic E-state index is -4.28. The molecule has 0 heterocycles. The molecule has 0 aromatic carbocycles. The Labute approximate surface area is 70.2 Å². The first-order valence-electron chi connectivity index (χ1n) is 2.93. The van der Waals surface area contributed by atoms with Crippen molar-refractivity contribution in [3.63, 3.8) is 0 Å². The first kappa shape index (κ1) is 11.4. The summed E-state index contributed by atoms with van der Waals surface area (Å²) in [4.78, 5) is 18.4. The summed E-state index contributed by atoms with van der Waals surface area (Å²) >= 11 is 0.784. The first-order valence-corrected chi connectivity index (χ1v) is 5.37. The highest BCUT2D eigenvalue weighted by molar-refractivity contribution is 7.97. The van der Waals surface area contributed by atoms with Crippen LogP contribution in [0.5, 0.6) is 0 Å². The van der Waals surface area contributed by atoms with E-state index in [2.05, 4.69) is 3.97 Å². The van der Waals surface area contributed by atoms with Crippen LogP contribution in [-0.4, -0.2) is 41.1 Å². The lowest BCUT2D eigenvalue weighted by Crippen LogP contribution is -2.14. The molecule has 5 nitrogen and oxygen atoms in total. The third-order valence-corrected chi connectivity index (χ3v) is 2.32. The van der Waals surface area contributed by atoms with Crippen LogP contribution in [0.15, 0.2) is 0 Å². The molecule has 0 rings (SSSR count). The number of hydrogen-bond donors (Lipinski definition) is 2. The van der Waals surface area contributed by atoms with E-state index in [4.69, 9.17) is 9.79 Å². The molecule has 0 aliphatic carbocycles. The molecule has 7 heteroatoms. The first-order chi connectivity index (χ1) is 4.92. The van der Waals surface area contributed by atoms with Gasteiger partial charge in [-0.05, 0) is 14.1 Å². The van der Waals surface area contributed by atoms with Crippen molar-refractivity contribution >= 4 is 19.9 Å². The van der Waals surface area contributed by atoms with E-state index in [0.29, 0.717) is 5.75 Å². The Bertz CT molecular complexity index is 147. The van der Waals surface area contributed by atoms with Crippen molar-refractivity contribution in [1.82, 2.24) is 4.90 Å². The summed E-state index contributed by atoms with van der Waals surface area (Å²) < 4.78 is 14.3. The fourth-order valence-corrected chi connectivity index (χ4v) is 1.61. The van der Waals surface area contributed by atoms with Crippen molar-refractivity contribution in [2.45, 2.75) is 0 Å². The largest absolute Gasteiger partial charge is 0.480 e. The van der Waals surface area contributed by atoms with Gasteiger partial charge in [0.15, 0.2) is 0 Å². The molecule has 0 fully saturated rings. The molecular formula is C4H12NO4PS. The molecule has 68 valence electrons. The molecule has 0 saturated carbocycles. The predicted molar refractivity (Wildman–Crippen MR) is 44.1 cm³/mol. The second-order valence-electron chi connectivity index (χ2n) is 2.19. The van der Waals surface area contributed by atoms with Crippen LogP contribution in [0, 0.1) is 0 Å². The normalized spacial score (nSPS) is 12.5. The molecule has 2 N–H and O–H groups in total. The van der Waals surface area contributed by atoms with Gasteiger partial charge in [0.1, 0.15) is 0 Å². The topological polar surface area (TPSA) is 70.0 Å².